The van der Waals surface area contributed by atoms with Crippen molar-refractivity contribution >= 4 is 21.8 Å². The Morgan fingerprint density at radius 1 is 0.328 bits per heavy atom. The Balaban J connectivity index is 1.11. The van der Waals surface area contributed by atoms with Crippen LogP contribution in [0, 0.1) is 0 Å². The van der Waals surface area contributed by atoms with Crippen LogP contribution in [0.1, 0.15) is 44.5 Å². The maximum absolute atomic E-state index is 6.73. The Labute approximate surface area is 335 Å². The molecule has 0 radical (unpaired) electrons. The molecular weight excluding hydrogens is 703 g/mol. The molecule has 0 saturated carbocycles. The molecule has 9 aromatic carbocycles. The van der Waals surface area contributed by atoms with Gasteiger partial charge in [-0.2, -0.15) is 0 Å². The number of para-hydroxylation sites is 3. The number of aromatic nitrogens is 1. The molecule has 3 aliphatic carbocycles. The zero-order valence-corrected chi connectivity index (χ0v) is 31.4. The summed E-state index contributed by atoms with van der Waals surface area (Å²) < 4.78 is 9.26. The standard InChI is InChI=1S/C56H33NO/c1-6-20-42-35(15-1)36-16-2-7-21-43(36)55(42)44-22-8-3-17-37(44)39-30-29-34(33-48(39)55)57-49-26-12-5-19-41(49)53-50(57)32-31-40-38-18-4-9-23-45(38)56(54(40)53)46-24-10-13-27-51(46)58-52-28-14-11-25-47(52)56/h1-33H. The lowest BCUT2D eigenvalue weighted by molar-refractivity contribution is 0.437. The molecule has 4 aliphatic rings. The maximum Gasteiger partial charge on any atom is 0.132 e. The summed E-state index contributed by atoms with van der Waals surface area (Å²) in [4.78, 5) is 0. The van der Waals surface area contributed by atoms with E-state index in [1.807, 2.05) is 0 Å². The molecule has 2 heterocycles. The van der Waals surface area contributed by atoms with Crippen molar-refractivity contribution in [2.45, 2.75) is 10.8 Å². The van der Waals surface area contributed by atoms with Gasteiger partial charge in [0.05, 0.1) is 21.9 Å². The topological polar surface area (TPSA) is 14.2 Å². The Hall–Kier alpha value is -7.42. The van der Waals surface area contributed by atoms with Crippen molar-refractivity contribution in [2.75, 3.05) is 0 Å². The first-order valence-electron chi connectivity index (χ1n) is 20.3. The Kier molecular flexibility index (Phi) is 5.67. The van der Waals surface area contributed by atoms with E-state index in [1.54, 1.807) is 0 Å². The second-order valence-corrected chi connectivity index (χ2v) is 16.2. The molecule has 268 valence electrons. The maximum atomic E-state index is 6.73. The van der Waals surface area contributed by atoms with E-state index >= 15 is 0 Å². The van der Waals surface area contributed by atoms with Crippen LogP contribution >= 0.6 is 0 Å². The Morgan fingerprint density at radius 3 is 1.38 bits per heavy atom. The van der Waals surface area contributed by atoms with Crippen LogP contribution in [0.4, 0.5) is 0 Å². The summed E-state index contributed by atoms with van der Waals surface area (Å²) >= 11 is 0. The summed E-state index contributed by atoms with van der Waals surface area (Å²) in [6, 6.07) is 74.6. The lowest BCUT2D eigenvalue weighted by Crippen LogP contribution is -2.32. The van der Waals surface area contributed by atoms with Crippen LogP contribution in [0.2, 0.25) is 0 Å². The van der Waals surface area contributed by atoms with Crippen LogP contribution in [0.5, 0.6) is 11.5 Å². The van der Waals surface area contributed by atoms with Crippen LogP contribution in [0.25, 0.3) is 60.9 Å². The van der Waals surface area contributed by atoms with Crippen molar-refractivity contribution in [3.05, 3.63) is 245 Å². The van der Waals surface area contributed by atoms with E-state index in [1.165, 1.54) is 99.7 Å². The quantitative estimate of drug-likeness (QED) is 0.164. The SMILES string of the molecule is c1ccc2c(c1)Oc1ccccc1C21c2ccccc2-c2ccc3c(c21)c1ccccc1n3-c1ccc2c(c1)C1(c3ccccc3-c3ccccc31)c1ccccc1-2. The van der Waals surface area contributed by atoms with Gasteiger partial charge in [0.25, 0.3) is 0 Å². The van der Waals surface area contributed by atoms with E-state index in [0.29, 0.717) is 0 Å². The average Bonchev–Trinajstić information content (AvgIpc) is 3.98. The molecule has 0 atom stereocenters. The summed E-state index contributed by atoms with van der Waals surface area (Å²) in [6.07, 6.45) is 0. The van der Waals surface area contributed by atoms with Gasteiger partial charge in [0.2, 0.25) is 0 Å². The third-order valence-electron chi connectivity index (χ3n) is 13.9. The second kappa shape index (κ2) is 10.7. The summed E-state index contributed by atoms with van der Waals surface area (Å²) in [6.45, 7) is 0. The number of fused-ring (bicyclic) bond motifs is 23. The van der Waals surface area contributed by atoms with Crippen molar-refractivity contribution in [1.82, 2.24) is 4.57 Å². The minimum atomic E-state index is -0.577. The van der Waals surface area contributed by atoms with Crippen molar-refractivity contribution in [2.24, 2.45) is 0 Å². The molecule has 0 unspecified atom stereocenters. The normalized spacial score (nSPS) is 15.0. The van der Waals surface area contributed by atoms with E-state index in [2.05, 4.69) is 205 Å². The fourth-order valence-corrected chi connectivity index (χ4v) is 11.9. The minimum Gasteiger partial charge on any atom is -0.457 e. The lowest BCUT2D eigenvalue weighted by Gasteiger charge is -2.39. The molecule has 0 bridgehead atoms. The summed E-state index contributed by atoms with van der Waals surface area (Å²) in [7, 11) is 0. The molecule has 1 aliphatic heterocycles. The monoisotopic (exact) mass is 735 g/mol. The van der Waals surface area contributed by atoms with Gasteiger partial charge in [0.15, 0.2) is 0 Å². The van der Waals surface area contributed by atoms with Gasteiger partial charge in [0.1, 0.15) is 11.5 Å². The first-order chi connectivity index (χ1) is 28.8. The van der Waals surface area contributed by atoms with Gasteiger partial charge in [-0.1, -0.05) is 164 Å². The summed E-state index contributed by atoms with van der Waals surface area (Å²) in [5.74, 6) is 1.82. The number of hydrogen-bond acceptors (Lipinski definition) is 1. The van der Waals surface area contributed by atoms with Crippen LogP contribution in [0.15, 0.2) is 200 Å². The van der Waals surface area contributed by atoms with Crippen molar-refractivity contribution < 1.29 is 4.74 Å². The van der Waals surface area contributed by atoms with Gasteiger partial charge in [-0.3, -0.25) is 0 Å². The van der Waals surface area contributed by atoms with Gasteiger partial charge in [-0.15, -0.1) is 0 Å². The number of nitrogens with zero attached hydrogens (tertiary/aromatic N) is 1. The fraction of sp³-hybridized carbons (Fsp3) is 0.0357. The lowest BCUT2D eigenvalue weighted by atomic mass is 9.65. The smallest absolute Gasteiger partial charge is 0.132 e. The summed E-state index contributed by atoms with van der Waals surface area (Å²) in [5.41, 5.74) is 20.8. The number of hydrogen-bond donors (Lipinski definition) is 0. The van der Waals surface area contributed by atoms with Crippen LogP contribution in [-0.2, 0) is 10.8 Å². The predicted octanol–water partition coefficient (Wildman–Crippen LogP) is 13.6. The van der Waals surface area contributed by atoms with Crippen LogP contribution in [-0.4, -0.2) is 4.57 Å². The minimum absolute atomic E-state index is 0.420. The van der Waals surface area contributed by atoms with Crippen molar-refractivity contribution in [3.63, 3.8) is 0 Å². The molecule has 14 rings (SSSR count). The molecule has 58 heavy (non-hydrogen) atoms. The van der Waals surface area contributed by atoms with Gasteiger partial charge >= 0.3 is 0 Å². The van der Waals surface area contributed by atoms with E-state index in [-0.39, 0.29) is 0 Å². The number of rotatable bonds is 1. The van der Waals surface area contributed by atoms with E-state index < -0.39 is 10.8 Å². The molecule has 1 aromatic heterocycles. The van der Waals surface area contributed by atoms with Crippen LogP contribution < -0.4 is 4.74 Å². The predicted molar refractivity (Wildman–Crippen MR) is 234 cm³/mol. The highest BCUT2D eigenvalue weighted by Crippen LogP contribution is 2.65. The molecular formula is C56H33NO. The highest BCUT2D eigenvalue weighted by Gasteiger charge is 2.53. The molecule has 0 fully saturated rings. The first kappa shape index (κ1) is 30.8. The van der Waals surface area contributed by atoms with Crippen molar-refractivity contribution in [1.29, 1.82) is 0 Å². The number of benzene rings is 9. The molecule has 2 nitrogen and oxygen atoms in total. The number of ether oxygens (including phenoxy) is 1. The van der Waals surface area contributed by atoms with E-state index in [4.69, 9.17) is 4.74 Å². The highest BCUT2D eigenvalue weighted by molar-refractivity contribution is 6.15. The summed E-state index contributed by atoms with van der Waals surface area (Å²) in [5, 5.41) is 2.53. The molecule has 0 saturated heterocycles. The second-order valence-electron chi connectivity index (χ2n) is 16.2. The molecule has 2 spiro atoms. The first-order valence-corrected chi connectivity index (χ1v) is 20.3. The average molecular weight is 736 g/mol. The van der Waals surface area contributed by atoms with Crippen LogP contribution in [0.3, 0.4) is 0 Å². The van der Waals surface area contributed by atoms with Crippen molar-refractivity contribution in [3.8, 4) is 50.6 Å². The zero-order valence-electron chi connectivity index (χ0n) is 31.4. The van der Waals surface area contributed by atoms with Gasteiger partial charge in [-0.05, 0) is 103 Å². The van der Waals surface area contributed by atoms with Gasteiger partial charge in [-0.25, -0.2) is 0 Å². The van der Waals surface area contributed by atoms with E-state index in [0.717, 1.165) is 17.2 Å². The van der Waals surface area contributed by atoms with Gasteiger partial charge in [0, 0.05) is 27.6 Å². The fourth-order valence-electron chi connectivity index (χ4n) is 11.9. The largest absolute Gasteiger partial charge is 0.457 e. The Bertz CT molecular complexity index is 3350. The van der Waals surface area contributed by atoms with E-state index in [9.17, 15) is 0 Å². The zero-order chi connectivity index (χ0) is 37.7. The third-order valence-corrected chi connectivity index (χ3v) is 13.9. The molecule has 0 N–H and O–H groups in total. The third kappa shape index (κ3) is 3.41. The highest BCUT2D eigenvalue weighted by atomic mass is 16.5. The van der Waals surface area contributed by atoms with Gasteiger partial charge < -0.3 is 9.30 Å². The molecule has 10 aromatic rings. The Morgan fingerprint density at radius 2 is 0.776 bits per heavy atom. The molecule has 2 heteroatoms. The molecule has 0 amide bonds.